The molecule has 0 unspecified atom stereocenters. The molecule has 1 aromatic rings. The summed E-state index contributed by atoms with van der Waals surface area (Å²) >= 11 is 0. The molecule has 0 aromatic carbocycles. The summed E-state index contributed by atoms with van der Waals surface area (Å²) in [7, 11) is 3.22. The Kier molecular flexibility index (Phi) is 6.05. The molecule has 1 heterocycles. The summed E-state index contributed by atoms with van der Waals surface area (Å²) in [6.45, 7) is 4.54. The lowest BCUT2D eigenvalue weighted by atomic mass is 10.2. The van der Waals surface area contributed by atoms with E-state index in [9.17, 15) is 4.79 Å². The number of rotatable bonds is 7. The van der Waals surface area contributed by atoms with Crippen LogP contribution in [0.15, 0.2) is 0 Å². The molecule has 0 saturated heterocycles. The van der Waals surface area contributed by atoms with E-state index in [1.54, 1.807) is 0 Å². The minimum absolute atomic E-state index is 0.234. The van der Waals surface area contributed by atoms with E-state index in [2.05, 4.69) is 32.3 Å². The van der Waals surface area contributed by atoms with Gasteiger partial charge in [-0.3, -0.25) is 4.79 Å². The van der Waals surface area contributed by atoms with E-state index in [1.165, 1.54) is 7.11 Å². The first kappa shape index (κ1) is 15.2. The fourth-order valence-corrected chi connectivity index (χ4v) is 1.70. The molecule has 106 valence electrons. The van der Waals surface area contributed by atoms with Gasteiger partial charge in [-0.15, -0.1) is 0 Å². The van der Waals surface area contributed by atoms with Crippen molar-refractivity contribution in [1.82, 2.24) is 9.97 Å². The van der Waals surface area contributed by atoms with Crippen molar-refractivity contribution in [3.05, 3.63) is 11.4 Å². The van der Waals surface area contributed by atoms with Gasteiger partial charge in [-0.1, -0.05) is 6.92 Å². The molecule has 0 aliphatic heterocycles. The molecule has 2 N–H and O–H groups in total. The first-order valence-corrected chi connectivity index (χ1v) is 6.48. The van der Waals surface area contributed by atoms with Crippen molar-refractivity contribution in [2.75, 3.05) is 31.3 Å². The summed E-state index contributed by atoms with van der Waals surface area (Å²) in [5.41, 5.74) is 0.951. The monoisotopic (exact) mass is 266 g/mol. The number of hydrogen-bond acceptors (Lipinski definition) is 6. The van der Waals surface area contributed by atoms with E-state index in [-0.39, 0.29) is 5.97 Å². The molecular weight excluding hydrogens is 244 g/mol. The van der Waals surface area contributed by atoms with Crippen LogP contribution in [0.25, 0.3) is 0 Å². The Labute approximate surface area is 114 Å². The van der Waals surface area contributed by atoms with Gasteiger partial charge in [-0.2, -0.15) is 0 Å². The van der Waals surface area contributed by atoms with Gasteiger partial charge in [0.1, 0.15) is 17.5 Å². The van der Waals surface area contributed by atoms with Crippen molar-refractivity contribution in [1.29, 1.82) is 0 Å². The quantitative estimate of drug-likeness (QED) is 0.732. The zero-order valence-corrected chi connectivity index (χ0v) is 12.0. The van der Waals surface area contributed by atoms with Crippen LogP contribution in [0.1, 0.15) is 31.2 Å². The molecule has 0 atom stereocenters. The third kappa shape index (κ3) is 4.39. The Bertz CT molecular complexity index is 435. The van der Waals surface area contributed by atoms with Crippen LogP contribution in [0.4, 0.5) is 11.6 Å². The number of methoxy groups -OCH3 is 1. The van der Waals surface area contributed by atoms with Crippen LogP contribution in [-0.4, -0.2) is 36.6 Å². The maximum atomic E-state index is 11.1. The minimum Gasteiger partial charge on any atom is -0.469 e. The Hall–Kier alpha value is -1.85. The molecule has 0 aliphatic carbocycles. The van der Waals surface area contributed by atoms with E-state index in [0.717, 1.165) is 35.9 Å². The highest BCUT2D eigenvalue weighted by atomic mass is 16.5. The first-order chi connectivity index (χ1) is 9.12. The second kappa shape index (κ2) is 7.56. The number of anilines is 2. The third-order valence-corrected chi connectivity index (χ3v) is 2.75. The fourth-order valence-electron chi connectivity index (χ4n) is 1.70. The molecule has 0 amide bonds. The number of aryl methyl sites for hydroxylation is 1. The van der Waals surface area contributed by atoms with E-state index < -0.39 is 0 Å². The minimum atomic E-state index is -0.234. The third-order valence-electron chi connectivity index (χ3n) is 2.75. The van der Waals surface area contributed by atoms with E-state index in [1.807, 2.05) is 14.0 Å². The summed E-state index contributed by atoms with van der Waals surface area (Å²) in [4.78, 5) is 20.0. The van der Waals surface area contributed by atoms with Crippen LogP contribution in [0.5, 0.6) is 0 Å². The van der Waals surface area contributed by atoms with Crippen LogP contribution >= 0.6 is 0 Å². The number of carbonyl (C=O) groups is 1. The topological polar surface area (TPSA) is 76.1 Å². The molecule has 6 nitrogen and oxygen atoms in total. The lowest BCUT2D eigenvalue weighted by Gasteiger charge is -2.13. The average molecular weight is 266 g/mol. The number of nitrogens with one attached hydrogen (secondary N) is 2. The van der Waals surface area contributed by atoms with Crippen LogP contribution < -0.4 is 10.6 Å². The lowest BCUT2D eigenvalue weighted by Crippen LogP contribution is -2.13. The molecule has 0 fully saturated rings. The largest absolute Gasteiger partial charge is 0.469 e. The Morgan fingerprint density at radius 1 is 1.32 bits per heavy atom. The predicted octanol–water partition coefficient (Wildman–Crippen LogP) is 1.75. The number of carbonyl (C=O) groups excluding carboxylic acids is 1. The van der Waals surface area contributed by atoms with Crippen LogP contribution in [0.2, 0.25) is 0 Å². The molecule has 0 bridgehead atoms. The predicted molar refractivity (Wildman–Crippen MR) is 75.4 cm³/mol. The van der Waals surface area contributed by atoms with Gasteiger partial charge >= 0.3 is 5.97 Å². The highest BCUT2D eigenvalue weighted by Gasteiger charge is 2.10. The summed E-state index contributed by atoms with van der Waals surface area (Å²) in [5, 5.41) is 6.22. The van der Waals surface area contributed by atoms with Crippen molar-refractivity contribution in [2.45, 2.75) is 33.1 Å². The van der Waals surface area contributed by atoms with Crippen LogP contribution in [0, 0.1) is 6.92 Å². The standard InChI is InChI=1S/C13H22N4O2/c1-5-6-10-16-12(14-3)9(2)13(17-10)15-8-7-11(18)19-4/h5-8H2,1-4H3,(H2,14,15,16,17). The van der Waals surface area contributed by atoms with Gasteiger partial charge in [-0.25, -0.2) is 9.97 Å². The summed E-state index contributed by atoms with van der Waals surface area (Å²) in [6, 6.07) is 0. The van der Waals surface area contributed by atoms with Gasteiger partial charge < -0.3 is 15.4 Å². The maximum Gasteiger partial charge on any atom is 0.307 e. The molecule has 19 heavy (non-hydrogen) atoms. The van der Waals surface area contributed by atoms with Crippen LogP contribution in [-0.2, 0) is 16.0 Å². The molecular formula is C13H22N4O2. The summed E-state index contributed by atoms with van der Waals surface area (Å²) in [5.74, 6) is 2.16. The number of aromatic nitrogens is 2. The molecule has 0 spiro atoms. The maximum absolute atomic E-state index is 11.1. The zero-order valence-electron chi connectivity index (χ0n) is 12.0. The van der Waals surface area contributed by atoms with E-state index in [4.69, 9.17) is 0 Å². The van der Waals surface area contributed by atoms with Crippen molar-refractivity contribution < 1.29 is 9.53 Å². The summed E-state index contributed by atoms with van der Waals surface area (Å²) < 4.78 is 4.60. The van der Waals surface area contributed by atoms with Crippen molar-refractivity contribution in [3.63, 3.8) is 0 Å². The highest BCUT2D eigenvalue weighted by molar-refractivity contribution is 5.70. The van der Waals surface area contributed by atoms with Crippen molar-refractivity contribution in [3.8, 4) is 0 Å². The van der Waals surface area contributed by atoms with Crippen molar-refractivity contribution in [2.24, 2.45) is 0 Å². The van der Waals surface area contributed by atoms with Gasteiger partial charge in [0.05, 0.1) is 13.5 Å². The van der Waals surface area contributed by atoms with E-state index in [0.29, 0.717) is 13.0 Å². The van der Waals surface area contributed by atoms with Gasteiger partial charge in [0.25, 0.3) is 0 Å². The van der Waals surface area contributed by atoms with Crippen LogP contribution in [0.3, 0.4) is 0 Å². The van der Waals surface area contributed by atoms with Gasteiger partial charge in [0.2, 0.25) is 0 Å². The molecule has 0 saturated carbocycles. The fraction of sp³-hybridized carbons (Fsp3) is 0.615. The average Bonchev–Trinajstić information content (AvgIpc) is 2.41. The zero-order chi connectivity index (χ0) is 14.3. The smallest absolute Gasteiger partial charge is 0.307 e. The second-order valence-electron chi connectivity index (χ2n) is 4.21. The van der Waals surface area contributed by atoms with Crippen molar-refractivity contribution >= 4 is 17.6 Å². The molecule has 0 aliphatic rings. The molecule has 6 heteroatoms. The Morgan fingerprint density at radius 2 is 2.00 bits per heavy atom. The first-order valence-electron chi connectivity index (χ1n) is 6.48. The Balaban J connectivity index is 2.79. The lowest BCUT2D eigenvalue weighted by molar-refractivity contribution is -0.140. The Morgan fingerprint density at radius 3 is 2.58 bits per heavy atom. The SMILES string of the molecule is CCCc1nc(NC)c(C)c(NCCC(=O)OC)n1. The molecule has 1 rings (SSSR count). The summed E-state index contributed by atoms with van der Waals surface area (Å²) in [6.07, 6.45) is 2.15. The highest BCUT2D eigenvalue weighted by Crippen LogP contribution is 2.20. The van der Waals surface area contributed by atoms with Gasteiger partial charge in [0, 0.05) is 25.6 Å². The number of hydrogen-bond donors (Lipinski definition) is 2. The second-order valence-corrected chi connectivity index (χ2v) is 4.21. The number of esters is 1. The number of ether oxygens (including phenoxy) is 1. The number of nitrogens with zero attached hydrogens (tertiary/aromatic N) is 2. The van der Waals surface area contributed by atoms with Gasteiger partial charge in [0.15, 0.2) is 0 Å². The van der Waals surface area contributed by atoms with E-state index >= 15 is 0 Å². The molecule has 0 radical (unpaired) electrons. The van der Waals surface area contributed by atoms with Gasteiger partial charge in [-0.05, 0) is 13.3 Å². The molecule has 1 aromatic heterocycles. The normalized spacial score (nSPS) is 10.1.